The van der Waals surface area contributed by atoms with Crippen LogP contribution < -0.4 is 10.6 Å². The fraction of sp³-hybridized carbons (Fsp3) is 1.00. The van der Waals surface area contributed by atoms with Crippen LogP contribution in [0.15, 0.2) is 0 Å². The van der Waals surface area contributed by atoms with Gasteiger partial charge in [0.1, 0.15) is 0 Å². The first-order chi connectivity index (χ1) is 5.77. The summed E-state index contributed by atoms with van der Waals surface area (Å²) in [5, 5.41) is 6.79. The van der Waals surface area contributed by atoms with Crippen molar-refractivity contribution in [2.24, 2.45) is 0 Å². The SMILES string of the molecule is CSCCNCCCNC(C)C. The Bertz CT molecular complexity index is 86.6. The quantitative estimate of drug-likeness (QED) is 0.565. The summed E-state index contributed by atoms with van der Waals surface area (Å²) in [5.74, 6) is 1.22. The Morgan fingerprint density at radius 1 is 1.17 bits per heavy atom. The summed E-state index contributed by atoms with van der Waals surface area (Å²) in [6.45, 7) is 7.77. The predicted molar refractivity (Wildman–Crippen MR) is 59.0 cm³/mol. The van der Waals surface area contributed by atoms with Crippen molar-refractivity contribution >= 4 is 11.8 Å². The van der Waals surface area contributed by atoms with Crippen LogP contribution in [0.4, 0.5) is 0 Å². The van der Waals surface area contributed by atoms with E-state index in [1.54, 1.807) is 0 Å². The summed E-state index contributed by atoms with van der Waals surface area (Å²) < 4.78 is 0. The highest BCUT2D eigenvalue weighted by atomic mass is 32.2. The lowest BCUT2D eigenvalue weighted by Gasteiger charge is -2.07. The molecule has 0 aliphatic heterocycles. The van der Waals surface area contributed by atoms with E-state index < -0.39 is 0 Å². The maximum absolute atomic E-state index is 3.40. The molecule has 0 spiro atoms. The second-order valence-electron chi connectivity index (χ2n) is 3.21. The molecule has 0 aromatic heterocycles. The van der Waals surface area contributed by atoms with Gasteiger partial charge in [0.25, 0.3) is 0 Å². The molecule has 2 N–H and O–H groups in total. The molecule has 0 atom stereocenters. The topological polar surface area (TPSA) is 24.1 Å². The molecule has 0 amide bonds. The third-order valence-corrected chi connectivity index (χ3v) is 2.18. The van der Waals surface area contributed by atoms with Crippen LogP contribution in [0.25, 0.3) is 0 Å². The van der Waals surface area contributed by atoms with Crippen molar-refractivity contribution in [1.29, 1.82) is 0 Å². The average Bonchev–Trinajstić information content (AvgIpc) is 2.02. The molecule has 0 aliphatic carbocycles. The minimum atomic E-state index is 0.621. The van der Waals surface area contributed by atoms with Crippen LogP contribution in [-0.4, -0.2) is 37.7 Å². The van der Waals surface area contributed by atoms with Crippen molar-refractivity contribution in [3.8, 4) is 0 Å². The molecule has 0 unspecified atom stereocenters. The van der Waals surface area contributed by atoms with E-state index in [1.807, 2.05) is 11.8 Å². The molecule has 0 saturated heterocycles. The second kappa shape index (κ2) is 9.36. The summed E-state index contributed by atoms with van der Waals surface area (Å²) in [7, 11) is 0. The monoisotopic (exact) mass is 190 g/mol. The third kappa shape index (κ3) is 10.3. The van der Waals surface area contributed by atoms with Gasteiger partial charge in [-0.25, -0.2) is 0 Å². The smallest absolute Gasteiger partial charge is 0.00553 e. The first kappa shape index (κ1) is 12.3. The van der Waals surface area contributed by atoms with Crippen LogP contribution in [-0.2, 0) is 0 Å². The first-order valence-electron chi connectivity index (χ1n) is 4.70. The number of thioether (sulfide) groups is 1. The van der Waals surface area contributed by atoms with Crippen molar-refractivity contribution < 1.29 is 0 Å². The van der Waals surface area contributed by atoms with Gasteiger partial charge in [-0.05, 0) is 25.8 Å². The highest BCUT2D eigenvalue weighted by molar-refractivity contribution is 7.98. The van der Waals surface area contributed by atoms with Crippen LogP contribution in [0.5, 0.6) is 0 Å². The van der Waals surface area contributed by atoms with Gasteiger partial charge in [0.15, 0.2) is 0 Å². The summed E-state index contributed by atoms with van der Waals surface area (Å²) in [6, 6.07) is 0.621. The Morgan fingerprint density at radius 2 is 1.92 bits per heavy atom. The Balaban J connectivity index is 2.82. The fourth-order valence-corrected chi connectivity index (χ4v) is 1.25. The molecule has 0 saturated carbocycles. The largest absolute Gasteiger partial charge is 0.316 e. The van der Waals surface area contributed by atoms with Crippen molar-refractivity contribution in [2.45, 2.75) is 26.3 Å². The Hall–Kier alpha value is 0.270. The van der Waals surface area contributed by atoms with Gasteiger partial charge in [0, 0.05) is 18.3 Å². The Kier molecular flexibility index (Phi) is 9.57. The van der Waals surface area contributed by atoms with Gasteiger partial charge >= 0.3 is 0 Å². The molecule has 0 rings (SSSR count). The van der Waals surface area contributed by atoms with Crippen LogP contribution in [0.3, 0.4) is 0 Å². The van der Waals surface area contributed by atoms with Gasteiger partial charge in [-0.1, -0.05) is 13.8 Å². The molecule has 0 heterocycles. The van der Waals surface area contributed by atoms with E-state index in [0.29, 0.717) is 6.04 Å². The van der Waals surface area contributed by atoms with Gasteiger partial charge in [0.2, 0.25) is 0 Å². The van der Waals surface area contributed by atoms with Crippen LogP contribution in [0.2, 0.25) is 0 Å². The molecule has 0 aromatic rings. The lowest BCUT2D eigenvalue weighted by atomic mass is 10.3. The van der Waals surface area contributed by atoms with Crippen molar-refractivity contribution in [2.75, 3.05) is 31.6 Å². The van der Waals surface area contributed by atoms with Crippen molar-refractivity contribution in [3.63, 3.8) is 0 Å². The molecule has 0 aromatic carbocycles. The van der Waals surface area contributed by atoms with E-state index in [4.69, 9.17) is 0 Å². The van der Waals surface area contributed by atoms with Crippen molar-refractivity contribution in [1.82, 2.24) is 10.6 Å². The number of hydrogen-bond acceptors (Lipinski definition) is 3. The zero-order valence-electron chi connectivity index (χ0n) is 8.52. The van der Waals surface area contributed by atoms with E-state index in [9.17, 15) is 0 Å². The van der Waals surface area contributed by atoms with Crippen molar-refractivity contribution in [3.05, 3.63) is 0 Å². The molecule has 74 valence electrons. The third-order valence-electron chi connectivity index (χ3n) is 1.57. The molecule has 0 aliphatic rings. The first-order valence-corrected chi connectivity index (χ1v) is 6.09. The molecule has 0 fully saturated rings. The van der Waals surface area contributed by atoms with Crippen LogP contribution in [0, 0.1) is 0 Å². The predicted octanol–water partition coefficient (Wildman–Crippen LogP) is 1.33. The normalized spacial score (nSPS) is 11.0. The average molecular weight is 190 g/mol. The summed E-state index contributed by atoms with van der Waals surface area (Å²) in [4.78, 5) is 0. The zero-order valence-corrected chi connectivity index (χ0v) is 9.34. The number of hydrogen-bond donors (Lipinski definition) is 2. The van der Waals surface area contributed by atoms with Crippen LogP contribution >= 0.6 is 11.8 Å². The summed E-state index contributed by atoms with van der Waals surface area (Å²) >= 11 is 1.89. The minimum absolute atomic E-state index is 0.621. The van der Waals surface area contributed by atoms with E-state index in [2.05, 4.69) is 30.7 Å². The molecular formula is C9H22N2S. The minimum Gasteiger partial charge on any atom is -0.316 e. The van der Waals surface area contributed by atoms with Gasteiger partial charge in [-0.2, -0.15) is 11.8 Å². The summed E-state index contributed by atoms with van der Waals surface area (Å²) in [6.07, 6.45) is 3.37. The Labute approximate surface area is 80.9 Å². The zero-order chi connectivity index (χ0) is 9.23. The highest BCUT2D eigenvalue weighted by Gasteiger charge is 1.91. The van der Waals surface area contributed by atoms with Gasteiger partial charge in [-0.15, -0.1) is 0 Å². The molecular weight excluding hydrogens is 168 g/mol. The van der Waals surface area contributed by atoms with E-state index in [1.165, 1.54) is 12.2 Å². The fourth-order valence-electron chi connectivity index (χ4n) is 0.903. The summed E-state index contributed by atoms with van der Waals surface area (Å²) in [5.41, 5.74) is 0. The Morgan fingerprint density at radius 3 is 2.50 bits per heavy atom. The maximum atomic E-state index is 3.40. The molecule has 0 bridgehead atoms. The lowest BCUT2D eigenvalue weighted by Crippen LogP contribution is -2.27. The molecule has 12 heavy (non-hydrogen) atoms. The van der Waals surface area contributed by atoms with Gasteiger partial charge < -0.3 is 10.6 Å². The van der Waals surface area contributed by atoms with E-state index >= 15 is 0 Å². The second-order valence-corrected chi connectivity index (χ2v) is 4.19. The highest BCUT2D eigenvalue weighted by Crippen LogP contribution is 1.87. The number of nitrogens with one attached hydrogen (secondary N) is 2. The molecule has 2 nitrogen and oxygen atoms in total. The standard InChI is InChI=1S/C9H22N2S/c1-9(2)11-6-4-5-10-7-8-12-3/h9-11H,4-8H2,1-3H3. The van der Waals surface area contributed by atoms with E-state index in [-0.39, 0.29) is 0 Å². The maximum Gasteiger partial charge on any atom is 0.00553 e. The van der Waals surface area contributed by atoms with E-state index in [0.717, 1.165) is 19.6 Å². The van der Waals surface area contributed by atoms with Gasteiger partial charge in [-0.3, -0.25) is 0 Å². The van der Waals surface area contributed by atoms with Crippen LogP contribution in [0.1, 0.15) is 20.3 Å². The molecule has 3 heteroatoms. The number of rotatable bonds is 8. The molecule has 0 radical (unpaired) electrons. The lowest BCUT2D eigenvalue weighted by molar-refractivity contribution is 0.553. The van der Waals surface area contributed by atoms with Gasteiger partial charge in [0.05, 0.1) is 0 Å².